The molecule has 3 nitrogen and oxygen atoms in total. The molecule has 0 atom stereocenters. The van der Waals surface area contributed by atoms with Crippen molar-refractivity contribution in [3.05, 3.63) is 54.6 Å². The Morgan fingerprint density at radius 3 is 2.47 bits per heavy atom. The van der Waals surface area contributed by atoms with E-state index in [-0.39, 0.29) is 5.75 Å². The summed E-state index contributed by atoms with van der Waals surface area (Å²) < 4.78 is 1.93. The third kappa shape index (κ3) is 1.52. The summed E-state index contributed by atoms with van der Waals surface area (Å²) in [4.78, 5) is 0. The Morgan fingerprint density at radius 1 is 0.941 bits per heavy atom. The predicted molar refractivity (Wildman–Crippen MR) is 69.4 cm³/mol. The Morgan fingerprint density at radius 2 is 1.71 bits per heavy atom. The van der Waals surface area contributed by atoms with E-state index in [4.69, 9.17) is 5.73 Å². The first kappa shape index (κ1) is 9.78. The Bertz CT molecular complexity index is 671. The first-order valence-corrected chi connectivity index (χ1v) is 5.41. The summed E-state index contributed by atoms with van der Waals surface area (Å²) in [5, 5.41) is 10.6. The van der Waals surface area contributed by atoms with Gasteiger partial charge in [-0.2, -0.15) is 0 Å². The average Bonchev–Trinajstić information content (AvgIpc) is 2.65. The van der Waals surface area contributed by atoms with Crippen LogP contribution in [0.15, 0.2) is 54.6 Å². The van der Waals surface area contributed by atoms with E-state index in [9.17, 15) is 5.11 Å². The molecule has 0 bridgehead atoms. The van der Waals surface area contributed by atoms with Crippen LogP contribution in [0.1, 0.15) is 0 Å². The van der Waals surface area contributed by atoms with Gasteiger partial charge in [0.25, 0.3) is 0 Å². The van der Waals surface area contributed by atoms with E-state index in [0.717, 1.165) is 16.6 Å². The summed E-state index contributed by atoms with van der Waals surface area (Å²) in [6.45, 7) is 0. The second-order valence-corrected chi connectivity index (χ2v) is 3.98. The van der Waals surface area contributed by atoms with Gasteiger partial charge in [-0.15, -0.1) is 0 Å². The molecule has 0 saturated heterocycles. The number of aromatic nitrogens is 1. The SMILES string of the molecule is Nc1cc2ccc(O)cc2n1-c1ccccc1. The molecule has 0 amide bonds. The van der Waals surface area contributed by atoms with E-state index >= 15 is 0 Å². The van der Waals surface area contributed by atoms with Crippen molar-refractivity contribution in [2.45, 2.75) is 0 Å². The molecule has 0 aliphatic rings. The lowest BCUT2D eigenvalue weighted by Crippen LogP contribution is -1.98. The fourth-order valence-corrected chi connectivity index (χ4v) is 2.08. The monoisotopic (exact) mass is 224 g/mol. The lowest BCUT2D eigenvalue weighted by Gasteiger charge is -2.07. The third-order valence-electron chi connectivity index (χ3n) is 2.83. The molecule has 1 aromatic heterocycles. The molecule has 0 fully saturated rings. The lowest BCUT2D eigenvalue weighted by molar-refractivity contribution is 0.476. The zero-order valence-electron chi connectivity index (χ0n) is 9.17. The van der Waals surface area contributed by atoms with E-state index in [0.29, 0.717) is 5.82 Å². The first-order valence-electron chi connectivity index (χ1n) is 5.41. The highest BCUT2D eigenvalue weighted by Gasteiger charge is 2.08. The molecule has 17 heavy (non-hydrogen) atoms. The minimum atomic E-state index is 0.243. The van der Waals surface area contributed by atoms with Gasteiger partial charge in [-0.3, -0.25) is 4.57 Å². The van der Waals surface area contributed by atoms with Crippen molar-refractivity contribution in [3.63, 3.8) is 0 Å². The molecule has 0 saturated carbocycles. The zero-order chi connectivity index (χ0) is 11.8. The number of para-hydroxylation sites is 1. The topological polar surface area (TPSA) is 51.2 Å². The van der Waals surface area contributed by atoms with Crippen LogP contribution in [-0.4, -0.2) is 9.67 Å². The number of phenols is 1. The van der Waals surface area contributed by atoms with E-state index in [1.54, 1.807) is 12.1 Å². The highest BCUT2D eigenvalue weighted by atomic mass is 16.3. The zero-order valence-corrected chi connectivity index (χ0v) is 9.17. The number of nitrogens with two attached hydrogens (primary N) is 1. The molecule has 1 heterocycles. The van der Waals surface area contributed by atoms with E-state index < -0.39 is 0 Å². The van der Waals surface area contributed by atoms with Crippen LogP contribution in [0.2, 0.25) is 0 Å². The van der Waals surface area contributed by atoms with Gasteiger partial charge >= 0.3 is 0 Å². The van der Waals surface area contributed by atoms with Gasteiger partial charge in [0.05, 0.1) is 5.52 Å². The molecule has 84 valence electrons. The molecule has 3 N–H and O–H groups in total. The summed E-state index contributed by atoms with van der Waals surface area (Å²) >= 11 is 0. The van der Waals surface area contributed by atoms with Crippen molar-refractivity contribution in [1.29, 1.82) is 0 Å². The maximum absolute atomic E-state index is 9.56. The number of aromatic hydroxyl groups is 1. The van der Waals surface area contributed by atoms with Gasteiger partial charge in [-0.05, 0) is 30.3 Å². The summed E-state index contributed by atoms with van der Waals surface area (Å²) in [7, 11) is 0. The minimum absolute atomic E-state index is 0.243. The molecule has 2 aromatic carbocycles. The van der Waals surface area contributed by atoms with Crippen LogP contribution in [0.4, 0.5) is 5.82 Å². The average molecular weight is 224 g/mol. The fraction of sp³-hybridized carbons (Fsp3) is 0. The van der Waals surface area contributed by atoms with E-state index in [1.165, 1.54) is 0 Å². The van der Waals surface area contributed by atoms with Crippen molar-refractivity contribution in [2.75, 3.05) is 5.73 Å². The molecular formula is C14H12N2O. The lowest BCUT2D eigenvalue weighted by atomic mass is 10.2. The third-order valence-corrected chi connectivity index (χ3v) is 2.83. The Hall–Kier alpha value is -2.42. The fourth-order valence-electron chi connectivity index (χ4n) is 2.08. The molecular weight excluding hydrogens is 212 g/mol. The molecule has 3 heteroatoms. The maximum atomic E-state index is 9.56. The molecule has 0 unspecified atom stereocenters. The van der Waals surface area contributed by atoms with Crippen molar-refractivity contribution < 1.29 is 5.11 Å². The number of fused-ring (bicyclic) bond motifs is 1. The Balaban J connectivity index is 2.35. The minimum Gasteiger partial charge on any atom is -0.508 e. The van der Waals surface area contributed by atoms with Gasteiger partial charge < -0.3 is 10.8 Å². The smallest absolute Gasteiger partial charge is 0.117 e. The van der Waals surface area contributed by atoms with Crippen molar-refractivity contribution in [3.8, 4) is 11.4 Å². The second kappa shape index (κ2) is 3.56. The van der Waals surface area contributed by atoms with E-state index in [1.807, 2.05) is 47.0 Å². The van der Waals surface area contributed by atoms with Gasteiger partial charge in [0.15, 0.2) is 0 Å². The number of benzene rings is 2. The summed E-state index contributed by atoms with van der Waals surface area (Å²) in [5.41, 5.74) is 7.92. The van der Waals surface area contributed by atoms with Crippen LogP contribution in [-0.2, 0) is 0 Å². The van der Waals surface area contributed by atoms with Gasteiger partial charge in [0.2, 0.25) is 0 Å². The van der Waals surface area contributed by atoms with Crippen LogP contribution in [0.25, 0.3) is 16.6 Å². The van der Waals surface area contributed by atoms with E-state index in [2.05, 4.69) is 0 Å². The highest BCUT2D eigenvalue weighted by Crippen LogP contribution is 2.28. The summed E-state index contributed by atoms with van der Waals surface area (Å²) in [6, 6.07) is 17.0. The van der Waals surface area contributed by atoms with Crippen LogP contribution < -0.4 is 5.73 Å². The summed E-state index contributed by atoms with van der Waals surface area (Å²) in [6.07, 6.45) is 0. The molecule has 0 spiro atoms. The molecule has 0 radical (unpaired) electrons. The quantitative estimate of drug-likeness (QED) is 0.667. The van der Waals surface area contributed by atoms with Crippen molar-refractivity contribution >= 4 is 16.7 Å². The molecule has 0 aliphatic heterocycles. The van der Waals surface area contributed by atoms with Gasteiger partial charge in [0, 0.05) is 17.1 Å². The van der Waals surface area contributed by atoms with Crippen LogP contribution in [0.5, 0.6) is 5.75 Å². The number of hydrogen-bond donors (Lipinski definition) is 2. The van der Waals surface area contributed by atoms with Crippen LogP contribution >= 0.6 is 0 Å². The molecule has 3 rings (SSSR count). The number of rotatable bonds is 1. The number of hydrogen-bond acceptors (Lipinski definition) is 2. The molecule has 0 aliphatic carbocycles. The number of nitrogen functional groups attached to an aromatic ring is 1. The normalized spacial score (nSPS) is 10.8. The van der Waals surface area contributed by atoms with Crippen molar-refractivity contribution in [2.24, 2.45) is 0 Å². The van der Waals surface area contributed by atoms with Gasteiger partial charge in [0.1, 0.15) is 11.6 Å². The van der Waals surface area contributed by atoms with Crippen molar-refractivity contribution in [1.82, 2.24) is 4.57 Å². The summed E-state index contributed by atoms with van der Waals surface area (Å²) in [5.74, 6) is 0.907. The Labute approximate surface area is 98.7 Å². The Kier molecular flexibility index (Phi) is 2.05. The van der Waals surface area contributed by atoms with Crippen LogP contribution in [0.3, 0.4) is 0 Å². The molecule has 3 aromatic rings. The maximum Gasteiger partial charge on any atom is 0.117 e. The second-order valence-electron chi connectivity index (χ2n) is 3.98. The van der Waals surface area contributed by atoms with Crippen LogP contribution in [0, 0.1) is 0 Å². The number of nitrogens with zero attached hydrogens (tertiary/aromatic N) is 1. The number of phenolic OH excluding ortho intramolecular Hbond substituents is 1. The standard InChI is InChI=1S/C14H12N2O/c15-14-8-10-6-7-12(17)9-13(10)16(14)11-4-2-1-3-5-11/h1-9,17H,15H2. The predicted octanol–water partition coefficient (Wildman–Crippen LogP) is 2.92. The highest BCUT2D eigenvalue weighted by molar-refractivity contribution is 5.87. The number of anilines is 1. The van der Waals surface area contributed by atoms with Gasteiger partial charge in [-0.25, -0.2) is 0 Å². The van der Waals surface area contributed by atoms with Gasteiger partial charge in [-0.1, -0.05) is 18.2 Å². The largest absolute Gasteiger partial charge is 0.508 e. The first-order chi connectivity index (χ1) is 8.25.